The zero-order valence-corrected chi connectivity index (χ0v) is 18.1. The Morgan fingerprint density at radius 1 is 1.17 bits per heavy atom. The summed E-state index contributed by atoms with van der Waals surface area (Å²) in [4.78, 5) is 24.5. The molecule has 3 aromatic heterocycles. The third kappa shape index (κ3) is 3.20. The van der Waals surface area contributed by atoms with Crippen molar-refractivity contribution in [1.82, 2.24) is 14.5 Å². The number of nitrogens with zero attached hydrogens (tertiary/aromatic N) is 3. The number of rotatable bonds is 5. The number of benzene rings is 1. The largest absolute Gasteiger partial charge is 0.318 e. The molecular weight excluding hydrogens is 398 g/mol. The molecule has 5 rings (SSSR count). The predicted molar refractivity (Wildman–Crippen MR) is 120 cm³/mol. The Morgan fingerprint density at radius 2 is 2.00 bits per heavy atom. The van der Waals surface area contributed by atoms with Crippen LogP contribution in [-0.2, 0) is 12.8 Å². The van der Waals surface area contributed by atoms with Crippen molar-refractivity contribution in [2.45, 2.75) is 38.1 Å². The first-order valence-corrected chi connectivity index (χ1v) is 11.6. The van der Waals surface area contributed by atoms with E-state index in [9.17, 15) is 4.79 Å². The summed E-state index contributed by atoms with van der Waals surface area (Å²) in [5, 5.41) is 2.12. The topological polar surface area (TPSA) is 47.8 Å². The lowest BCUT2D eigenvalue weighted by Crippen LogP contribution is -2.06. The monoisotopic (exact) mass is 419 g/mol. The minimum atomic E-state index is 0.143. The number of hydrogen-bond acceptors (Lipinski definition) is 5. The molecule has 0 aliphatic heterocycles. The van der Waals surface area contributed by atoms with Gasteiger partial charge in [-0.1, -0.05) is 30.0 Å². The number of thioether (sulfide) groups is 1. The first kappa shape index (κ1) is 18.6. The highest BCUT2D eigenvalue weighted by atomic mass is 32.2. The molecule has 0 saturated carbocycles. The number of aryl methyl sites for hydroxylation is 3. The van der Waals surface area contributed by atoms with E-state index in [1.807, 2.05) is 38.1 Å². The number of carbonyl (C=O) groups excluding carboxylic acids is 1. The zero-order chi connectivity index (χ0) is 20.0. The maximum Gasteiger partial charge on any atom is 0.174 e. The molecule has 0 radical (unpaired) electrons. The second-order valence-electron chi connectivity index (χ2n) is 7.38. The number of hydrogen-bond donors (Lipinski definition) is 0. The van der Waals surface area contributed by atoms with E-state index in [2.05, 4.69) is 26.7 Å². The summed E-state index contributed by atoms with van der Waals surface area (Å²) in [6.45, 7) is 4.07. The van der Waals surface area contributed by atoms with E-state index in [-0.39, 0.29) is 5.78 Å². The average Bonchev–Trinajstić information content (AvgIpc) is 3.39. The minimum Gasteiger partial charge on any atom is -0.318 e. The Kier molecular flexibility index (Phi) is 4.76. The molecule has 29 heavy (non-hydrogen) atoms. The Morgan fingerprint density at radius 3 is 2.83 bits per heavy atom. The number of carbonyl (C=O) groups is 1. The Hall–Kier alpha value is -2.44. The molecule has 1 aliphatic rings. The van der Waals surface area contributed by atoms with Crippen molar-refractivity contribution in [3.05, 3.63) is 70.1 Å². The maximum atomic E-state index is 13.1. The van der Waals surface area contributed by atoms with Crippen molar-refractivity contribution in [3.63, 3.8) is 0 Å². The summed E-state index contributed by atoms with van der Waals surface area (Å²) in [7, 11) is 0. The fraction of sp³-hybridized carbons (Fsp3) is 0.261. The van der Waals surface area contributed by atoms with Crippen LogP contribution in [0.15, 0.2) is 47.8 Å². The molecule has 3 heterocycles. The number of Topliss-reactive ketones (excluding diaryl/α,β-unsaturated/α-hetero) is 1. The summed E-state index contributed by atoms with van der Waals surface area (Å²) in [5.41, 5.74) is 5.34. The number of aromatic nitrogens is 3. The van der Waals surface area contributed by atoms with Gasteiger partial charge in [0.25, 0.3) is 0 Å². The molecule has 0 spiro atoms. The Bertz CT molecular complexity index is 1220. The van der Waals surface area contributed by atoms with Crippen molar-refractivity contribution in [1.29, 1.82) is 0 Å². The molecule has 0 fully saturated rings. The van der Waals surface area contributed by atoms with E-state index >= 15 is 0 Å². The summed E-state index contributed by atoms with van der Waals surface area (Å²) in [6.07, 6.45) is 5.08. The standard InChI is InChI=1S/C23H21N3OS2/c1-14-11-18(15(2)26(14)16-7-4-3-5-8-16)19(27)12-28-22-21-17-9-6-10-20(17)29-23(21)25-13-24-22/h3-5,7-8,11,13H,6,9-10,12H2,1-2H3. The minimum absolute atomic E-state index is 0.143. The molecule has 6 heteroatoms. The summed E-state index contributed by atoms with van der Waals surface area (Å²) in [6, 6.07) is 12.2. The van der Waals surface area contributed by atoms with E-state index in [0.29, 0.717) is 5.75 Å². The second kappa shape index (κ2) is 7.43. The summed E-state index contributed by atoms with van der Waals surface area (Å²) in [5.74, 6) is 0.527. The van der Waals surface area contributed by atoms with Gasteiger partial charge in [-0.2, -0.15) is 0 Å². The van der Waals surface area contributed by atoms with Crippen LogP contribution in [0.1, 0.15) is 38.6 Å². The second-order valence-corrected chi connectivity index (χ2v) is 9.43. The number of thiophene rings is 1. The van der Waals surface area contributed by atoms with Crippen LogP contribution < -0.4 is 0 Å². The average molecular weight is 420 g/mol. The number of ketones is 1. The molecule has 1 aliphatic carbocycles. The fourth-order valence-electron chi connectivity index (χ4n) is 4.24. The van der Waals surface area contributed by atoms with Gasteiger partial charge in [-0.3, -0.25) is 4.79 Å². The highest BCUT2D eigenvalue weighted by Gasteiger charge is 2.22. The lowest BCUT2D eigenvalue weighted by Gasteiger charge is -2.09. The lowest BCUT2D eigenvalue weighted by molar-refractivity contribution is 0.102. The first-order chi connectivity index (χ1) is 14.1. The molecular formula is C23H21N3OS2. The van der Waals surface area contributed by atoms with Gasteiger partial charge in [-0.05, 0) is 56.9 Å². The van der Waals surface area contributed by atoms with Gasteiger partial charge in [0, 0.05) is 32.9 Å². The van der Waals surface area contributed by atoms with Crippen molar-refractivity contribution in [3.8, 4) is 5.69 Å². The van der Waals surface area contributed by atoms with Crippen LogP contribution in [0.25, 0.3) is 15.9 Å². The quantitative estimate of drug-likeness (QED) is 0.241. The van der Waals surface area contributed by atoms with Crippen LogP contribution >= 0.6 is 23.1 Å². The molecule has 0 N–H and O–H groups in total. The molecule has 0 saturated heterocycles. The Balaban J connectivity index is 1.42. The summed E-state index contributed by atoms with van der Waals surface area (Å²) >= 11 is 3.32. The Labute approximate surface area is 178 Å². The van der Waals surface area contributed by atoms with Crippen molar-refractivity contribution in [2.75, 3.05) is 5.75 Å². The van der Waals surface area contributed by atoms with E-state index < -0.39 is 0 Å². The molecule has 4 aromatic rings. The highest BCUT2D eigenvalue weighted by molar-refractivity contribution is 8.00. The normalized spacial score (nSPS) is 13.2. The van der Waals surface area contributed by atoms with Crippen LogP contribution in [0.3, 0.4) is 0 Å². The fourth-order valence-corrected chi connectivity index (χ4v) is 6.44. The van der Waals surface area contributed by atoms with Crippen LogP contribution in [0.2, 0.25) is 0 Å². The van der Waals surface area contributed by atoms with Crippen molar-refractivity contribution >= 4 is 39.1 Å². The van der Waals surface area contributed by atoms with Gasteiger partial charge < -0.3 is 4.57 Å². The molecule has 0 bridgehead atoms. The van der Waals surface area contributed by atoms with Gasteiger partial charge in [0.1, 0.15) is 16.2 Å². The molecule has 0 amide bonds. The van der Waals surface area contributed by atoms with Gasteiger partial charge in [0.05, 0.1) is 5.75 Å². The van der Waals surface area contributed by atoms with Crippen LogP contribution in [-0.4, -0.2) is 26.1 Å². The molecule has 4 nitrogen and oxygen atoms in total. The van der Waals surface area contributed by atoms with Gasteiger partial charge >= 0.3 is 0 Å². The SMILES string of the molecule is Cc1cc(C(=O)CSc2ncnc3sc4c(c23)CCC4)c(C)n1-c1ccccc1. The molecule has 1 aromatic carbocycles. The molecule has 0 atom stereocenters. The van der Waals surface area contributed by atoms with E-state index in [1.165, 1.54) is 34.0 Å². The lowest BCUT2D eigenvalue weighted by atomic mass is 10.2. The highest BCUT2D eigenvalue weighted by Crippen LogP contribution is 2.40. The summed E-state index contributed by atoms with van der Waals surface area (Å²) < 4.78 is 2.15. The number of fused-ring (bicyclic) bond motifs is 3. The van der Waals surface area contributed by atoms with Crippen molar-refractivity contribution < 1.29 is 4.79 Å². The van der Waals surface area contributed by atoms with Gasteiger partial charge in [0.15, 0.2) is 5.78 Å². The first-order valence-electron chi connectivity index (χ1n) is 9.79. The van der Waals surface area contributed by atoms with Gasteiger partial charge in [0.2, 0.25) is 0 Å². The third-order valence-corrected chi connectivity index (χ3v) is 7.74. The smallest absolute Gasteiger partial charge is 0.174 e. The van der Waals surface area contributed by atoms with E-state index in [1.54, 1.807) is 17.7 Å². The maximum absolute atomic E-state index is 13.1. The van der Waals surface area contributed by atoms with Gasteiger partial charge in [-0.15, -0.1) is 11.3 Å². The van der Waals surface area contributed by atoms with E-state index in [0.717, 1.165) is 45.3 Å². The third-order valence-electron chi connectivity index (χ3n) is 5.55. The van der Waals surface area contributed by atoms with Crippen LogP contribution in [0, 0.1) is 13.8 Å². The molecule has 146 valence electrons. The van der Waals surface area contributed by atoms with Crippen LogP contribution in [0.5, 0.6) is 0 Å². The van der Waals surface area contributed by atoms with Crippen LogP contribution in [0.4, 0.5) is 0 Å². The van der Waals surface area contributed by atoms with Gasteiger partial charge in [-0.25, -0.2) is 9.97 Å². The van der Waals surface area contributed by atoms with Crippen molar-refractivity contribution in [2.24, 2.45) is 0 Å². The predicted octanol–water partition coefficient (Wildman–Crippen LogP) is 5.56. The molecule has 0 unspecified atom stereocenters. The van der Waals surface area contributed by atoms with E-state index in [4.69, 9.17) is 0 Å². The zero-order valence-electron chi connectivity index (χ0n) is 16.4. The number of para-hydroxylation sites is 1.